The summed E-state index contributed by atoms with van der Waals surface area (Å²) < 4.78 is 5.09. The Morgan fingerprint density at radius 1 is 1.24 bits per heavy atom. The molecule has 0 spiro atoms. The number of hydrogen-bond donors (Lipinski definition) is 1. The number of rotatable bonds is 6. The Labute approximate surface area is 150 Å². The summed E-state index contributed by atoms with van der Waals surface area (Å²) in [5, 5.41) is 2.97. The van der Waals surface area contributed by atoms with Crippen LogP contribution in [0.4, 0.5) is 11.4 Å². The number of amides is 1. The molecule has 1 aliphatic rings. The third-order valence-electron chi connectivity index (χ3n) is 4.73. The SMILES string of the molecule is CCOC(=O)C1CCN([C@@H](C)C(=O)Nc2ccc(N(C)C)cc2)CC1. The lowest BCUT2D eigenvalue weighted by atomic mass is 9.96. The first-order valence-electron chi connectivity index (χ1n) is 8.91. The minimum absolute atomic E-state index is 0.0211. The van der Waals surface area contributed by atoms with Crippen molar-refractivity contribution >= 4 is 23.3 Å². The van der Waals surface area contributed by atoms with Gasteiger partial charge in [-0.25, -0.2) is 0 Å². The molecule has 0 bridgehead atoms. The van der Waals surface area contributed by atoms with Gasteiger partial charge in [-0.2, -0.15) is 0 Å². The molecule has 1 aliphatic heterocycles. The summed E-state index contributed by atoms with van der Waals surface area (Å²) in [6.07, 6.45) is 1.49. The first-order chi connectivity index (χ1) is 11.9. The summed E-state index contributed by atoms with van der Waals surface area (Å²) in [6.45, 7) is 5.62. The fourth-order valence-electron chi connectivity index (χ4n) is 3.04. The van der Waals surface area contributed by atoms with E-state index in [1.807, 2.05) is 57.1 Å². The predicted octanol–water partition coefficient (Wildman–Crippen LogP) is 2.35. The standard InChI is InChI=1S/C19H29N3O3/c1-5-25-19(24)15-10-12-22(13-11-15)14(2)18(23)20-16-6-8-17(9-7-16)21(3)4/h6-9,14-15H,5,10-13H2,1-4H3,(H,20,23)/t14-/m0/s1. The number of anilines is 2. The zero-order valence-corrected chi connectivity index (χ0v) is 15.6. The van der Waals surface area contributed by atoms with Crippen LogP contribution in [0.15, 0.2) is 24.3 Å². The van der Waals surface area contributed by atoms with E-state index < -0.39 is 0 Å². The summed E-state index contributed by atoms with van der Waals surface area (Å²) in [7, 11) is 3.96. The molecule has 25 heavy (non-hydrogen) atoms. The maximum absolute atomic E-state index is 12.5. The zero-order chi connectivity index (χ0) is 18.4. The molecule has 6 nitrogen and oxygen atoms in total. The summed E-state index contributed by atoms with van der Waals surface area (Å²) in [5.74, 6) is -0.169. The number of likely N-dealkylation sites (tertiary alicyclic amines) is 1. The van der Waals surface area contributed by atoms with Crippen molar-refractivity contribution in [2.45, 2.75) is 32.7 Å². The van der Waals surface area contributed by atoms with E-state index in [1.165, 1.54) is 0 Å². The maximum Gasteiger partial charge on any atom is 0.309 e. The van der Waals surface area contributed by atoms with Gasteiger partial charge < -0.3 is 15.0 Å². The molecule has 138 valence electrons. The second-order valence-electron chi connectivity index (χ2n) is 6.67. The van der Waals surface area contributed by atoms with Crippen LogP contribution in [0, 0.1) is 5.92 Å². The highest BCUT2D eigenvalue weighted by Gasteiger charge is 2.30. The van der Waals surface area contributed by atoms with Gasteiger partial charge in [0.15, 0.2) is 0 Å². The average Bonchev–Trinajstić information content (AvgIpc) is 2.61. The smallest absolute Gasteiger partial charge is 0.309 e. The second-order valence-corrected chi connectivity index (χ2v) is 6.67. The van der Waals surface area contributed by atoms with E-state index in [2.05, 4.69) is 10.2 Å². The van der Waals surface area contributed by atoms with Crippen LogP contribution >= 0.6 is 0 Å². The van der Waals surface area contributed by atoms with Gasteiger partial charge in [0, 0.05) is 25.5 Å². The van der Waals surface area contributed by atoms with Crippen molar-refractivity contribution in [3.8, 4) is 0 Å². The number of hydrogen-bond acceptors (Lipinski definition) is 5. The monoisotopic (exact) mass is 347 g/mol. The van der Waals surface area contributed by atoms with Crippen molar-refractivity contribution in [1.82, 2.24) is 4.90 Å². The summed E-state index contributed by atoms with van der Waals surface area (Å²) in [6, 6.07) is 7.55. The largest absolute Gasteiger partial charge is 0.466 e. The minimum atomic E-state index is -0.225. The van der Waals surface area contributed by atoms with Crippen molar-refractivity contribution in [3.05, 3.63) is 24.3 Å². The Morgan fingerprint density at radius 2 is 1.84 bits per heavy atom. The van der Waals surface area contributed by atoms with Crippen LogP contribution in [-0.2, 0) is 14.3 Å². The lowest BCUT2D eigenvalue weighted by Crippen LogP contribution is -2.47. The van der Waals surface area contributed by atoms with Gasteiger partial charge in [0.1, 0.15) is 0 Å². The van der Waals surface area contributed by atoms with Gasteiger partial charge in [-0.05, 0) is 64.0 Å². The molecule has 0 saturated carbocycles. The maximum atomic E-state index is 12.5. The molecule has 2 rings (SSSR count). The molecular formula is C19H29N3O3. The highest BCUT2D eigenvalue weighted by Crippen LogP contribution is 2.21. The molecule has 1 amide bonds. The molecule has 1 fully saturated rings. The molecule has 1 heterocycles. The normalized spacial score (nSPS) is 17.0. The molecule has 0 unspecified atom stereocenters. The van der Waals surface area contributed by atoms with Gasteiger partial charge in [-0.1, -0.05) is 0 Å². The molecule has 0 aromatic heterocycles. The van der Waals surface area contributed by atoms with Gasteiger partial charge >= 0.3 is 5.97 Å². The Kier molecular flexibility index (Phi) is 6.82. The number of carbonyl (C=O) groups is 2. The van der Waals surface area contributed by atoms with Crippen LogP contribution in [-0.4, -0.2) is 56.6 Å². The Balaban J connectivity index is 1.85. The quantitative estimate of drug-likeness (QED) is 0.801. The molecule has 1 atom stereocenters. The third-order valence-corrected chi connectivity index (χ3v) is 4.73. The van der Waals surface area contributed by atoms with E-state index in [0.29, 0.717) is 6.61 Å². The van der Waals surface area contributed by atoms with Gasteiger partial charge in [-0.3, -0.25) is 14.5 Å². The Hall–Kier alpha value is -2.08. The minimum Gasteiger partial charge on any atom is -0.466 e. The number of esters is 1. The predicted molar refractivity (Wildman–Crippen MR) is 99.8 cm³/mol. The molecular weight excluding hydrogens is 318 g/mol. The summed E-state index contributed by atoms with van der Waals surface area (Å²) >= 11 is 0. The summed E-state index contributed by atoms with van der Waals surface area (Å²) in [4.78, 5) is 28.4. The molecule has 6 heteroatoms. The van der Waals surface area contributed by atoms with Gasteiger partial charge in [0.05, 0.1) is 18.6 Å². The molecule has 0 radical (unpaired) electrons. The van der Waals surface area contributed by atoms with E-state index in [-0.39, 0.29) is 23.8 Å². The summed E-state index contributed by atoms with van der Waals surface area (Å²) in [5.41, 5.74) is 1.89. The number of piperidine rings is 1. The topological polar surface area (TPSA) is 61.9 Å². The number of carbonyl (C=O) groups excluding carboxylic acids is 2. The van der Waals surface area contributed by atoms with Gasteiger partial charge in [0.25, 0.3) is 0 Å². The molecule has 1 aromatic carbocycles. The Morgan fingerprint density at radius 3 is 2.36 bits per heavy atom. The van der Waals surface area contributed by atoms with E-state index in [0.717, 1.165) is 37.3 Å². The van der Waals surface area contributed by atoms with Crippen LogP contribution in [0.5, 0.6) is 0 Å². The van der Waals surface area contributed by atoms with Crippen molar-refractivity contribution < 1.29 is 14.3 Å². The second kappa shape index (κ2) is 8.85. The highest BCUT2D eigenvalue weighted by molar-refractivity contribution is 5.94. The van der Waals surface area contributed by atoms with E-state index in [4.69, 9.17) is 4.74 Å². The van der Waals surface area contributed by atoms with Gasteiger partial charge in [0.2, 0.25) is 5.91 Å². The first-order valence-corrected chi connectivity index (χ1v) is 8.91. The van der Waals surface area contributed by atoms with Crippen LogP contribution in [0.25, 0.3) is 0 Å². The van der Waals surface area contributed by atoms with Crippen LogP contribution < -0.4 is 10.2 Å². The lowest BCUT2D eigenvalue weighted by molar-refractivity contribution is -0.149. The Bertz CT molecular complexity index is 578. The van der Waals surface area contributed by atoms with Crippen LogP contribution in [0.2, 0.25) is 0 Å². The molecule has 1 saturated heterocycles. The van der Waals surface area contributed by atoms with Crippen molar-refractivity contribution in [1.29, 1.82) is 0 Å². The highest BCUT2D eigenvalue weighted by atomic mass is 16.5. The van der Waals surface area contributed by atoms with E-state index in [1.54, 1.807) is 0 Å². The van der Waals surface area contributed by atoms with Crippen molar-refractivity contribution in [2.24, 2.45) is 5.92 Å². The van der Waals surface area contributed by atoms with Crippen LogP contribution in [0.3, 0.4) is 0 Å². The molecule has 1 N–H and O–H groups in total. The van der Waals surface area contributed by atoms with Gasteiger partial charge in [-0.15, -0.1) is 0 Å². The number of ether oxygens (including phenoxy) is 1. The number of nitrogens with one attached hydrogen (secondary N) is 1. The van der Waals surface area contributed by atoms with E-state index >= 15 is 0 Å². The van der Waals surface area contributed by atoms with E-state index in [9.17, 15) is 9.59 Å². The number of nitrogens with zero attached hydrogens (tertiary/aromatic N) is 2. The fraction of sp³-hybridized carbons (Fsp3) is 0.579. The zero-order valence-electron chi connectivity index (χ0n) is 15.6. The number of benzene rings is 1. The van der Waals surface area contributed by atoms with Crippen molar-refractivity contribution in [2.75, 3.05) is 44.0 Å². The fourth-order valence-corrected chi connectivity index (χ4v) is 3.04. The molecule has 1 aromatic rings. The van der Waals surface area contributed by atoms with Crippen LogP contribution in [0.1, 0.15) is 26.7 Å². The average molecular weight is 347 g/mol. The first kappa shape index (κ1) is 19.2. The molecule has 0 aliphatic carbocycles. The third kappa shape index (κ3) is 5.19. The lowest BCUT2D eigenvalue weighted by Gasteiger charge is -2.34. The van der Waals surface area contributed by atoms with Crippen molar-refractivity contribution in [3.63, 3.8) is 0 Å².